The second kappa shape index (κ2) is 5.50. The molecule has 20 heavy (non-hydrogen) atoms. The SMILES string of the molecule is Fc1cccc2c1nc(CCl)n2-c1ccc(I)cc1Cl. The quantitative estimate of drug-likeness (QED) is 0.413. The van der Waals surface area contributed by atoms with E-state index < -0.39 is 0 Å². The normalized spacial score (nSPS) is 11.2. The number of hydrogen-bond donors (Lipinski definition) is 0. The Kier molecular flexibility index (Phi) is 3.88. The van der Waals surface area contributed by atoms with Crippen molar-refractivity contribution in [2.75, 3.05) is 0 Å². The summed E-state index contributed by atoms with van der Waals surface area (Å²) in [6.07, 6.45) is 0. The predicted molar refractivity (Wildman–Crippen MR) is 88.3 cm³/mol. The Hall–Kier alpha value is -0.850. The zero-order valence-electron chi connectivity index (χ0n) is 10.1. The van der Waals surface area contributed by atoms with Crippen LogP contribution in [0, 0.1) is 9.39 Å². The molecule has 0 N–H and O–H groups in total. The van der Waals surface area contributed by atoms with Crippen LogP contribution < -0.4 is 0 Å². The van der Waals surface area contributed by atoms with E-state index in [1.165, 1.54) is 6.07 Å². The molecule has 0 amide bonds. The van der Waals surface area contributed by atoms with Gasteiger partial charge >= 0.3 is 0 Å². The maximum atomic E-state index is 13.8. The number of halogens is 4. The standard InChI is InChI=1S/C14H8Cl2FIN2/c15-7-13-19-14-10(17)2-1-3-12(14)20(13)11-5-4-8(18)6-9(11)16/h1-6H,7H2. The minimum absolute atomic E-state index is 0.177. The van der Waals surface area contributed by atoms with Crippen molar-refractivity contribution in [2.45, 2.75) is 5.88 Å². The lowest BCUT2D eigenvalue weighted by Gasteiger charge is -2.10. The van der Waals surface area contributed by atoms with E-state index in [4.69, 9.17) is 23.2 Å². The molecule has 1 heterocycles. The van der Waals surface area contributed by atoms with Crippen LogP contribution in [0.2, 0.25) is 5.02 Å². The monoisotopic (exact) mass is 420 g/mol. The van der Waals surface area contributed by atoms with Gasteiger partial charge in [-0.1, -0.05) is 17.7 Å². The molecule has 0 atom stereocenters. The molecule has 0 saturated carbocycles. The highest BCUT2D eigenvalue weighted by atomic mass is 127. The molecule has 0 aliphatic heterocycles. The number of aromatic nitrogens is 2. The first-order chi connectivity index (χ1) is 9.61. The summed E-state index contributed by atoms with van der Waals surface area (Å²) in [5.41, 5.74) is 1.71. The lowest BCUT2D eigenvalue weighted by Crippen LogP contribution is -2.00. The van der Waals surface area contributed by atoms with Crippen LogP contribution in [0.1, 0.15) is 5.82 Å². The van der Waals surface area contributed by atoms with Gasteiger partial charge in [0.25, 0.3) is 0 Å². The Morgan fingerprint density at radius 2 is 2.05 bits per heavy atom. The summed E-state index contributed by atoms with van der Waals surface area (Å²) in [4.78, 5) is 4.27. The number of para-hydroxylation sites is 1. The zero-order chi connectivity index (χ0) is 14.3. The van der Waals surface area contributed by atoms with E-state index in [9.17, 15) is 4.39 Å². The number of imidazole rings is 1. The second-order valence-corrected chi connectivity index (χ2v) is 6.12. The van der Waals surface area contributed by atoms with Crippen molar-refractivity contribution in [3.63, 3.8) is 0 Å². The van der Waals surface area contributed by atoms with Gasteiger partial charge < -0.3 is 0 Å². The molecule has 0 spiro atoms. The summed E-state index contributed by atoms with van der Waals surface area (Å²) >= 11 is 14.4. The highest BCUT2D eigenvalue weighted by Crippen LogP contribution is 2.29. The molecule has 1 aromatic heterocycles. The van der Waals surface area contributed by atoms with Gasteiger partial charge in [-0.25, -0.2) is 9.37 Å². The molecule has 0 aliphatic rings. The van der Waals surface area contributed by atoms with E-state index in [-0.39, 0.29) is 11.7 Å². The molecule has 0 aliphatic carbocycles. The Balaban J connectivity index is 2.37. The summed E-state index contributed by atoms with van der Waals surface area (Å²) in [6.45, 7) is 0. The molecular formula is C14H8Cl2FIN2. The fraction of sp³-hybridized carbons (Fsp3) is 0.0714. The maximum absolute atomic E-state index is 13.8. The van der Waals surface area contributed by atoms with Gasteiger partial charge in [-0.3, -0.25) is 4.57 Å². The molecule has 0 unspecified atom stereocenters. The smallest absolute Gasteiger partial charge is 0.151 e. The minimum Gasteiger partial charge on any atom is -0.294 e. The molecule has 2 aromatic carbocycles. The summed E-state index contributed by atoms with van der Waals surface area (Å²) < 4.78 is 16.7. The molecular weight excluding hydrogens is 413 g/mol. The van der Waals surface area contributed by atoms with Gasteiger partial charge in [0.1, 0.15) is 11.3 Å². The highest BCUT2D eigenvalue weighted by Gasteiger charge is 2.16. The third kappa shape index (κ3) is 2.29. The minimum atomic E-state index is -0.366. The van der Waals surface area contributed by atoms with E-state index in [1.54, 1.807) is 16.7 Å². The van der Waals surface area contributed by atoms with Gasteiger partial charge in [0.15, 0.2) is 5.82 Å². The average Bonchev–Trinajstić information content (AvgIpc) is 2.79. The largest absolute Gasteiger partial charge is 0.294 e. The third-order valence-corrected chi connectivity index (χ3v) is 4.19. The van der Waals surface area contributed by atoms with Gasteiger partial charge in [0.05, 0.1) is 22.1 Å². The van der Waals surface area contributed by atoms with Gasteiger partial charge in [0.2, 0.25) is 0 Å². The molecule has 3 aromatic rings. The lowest BCUT2D eigenvalue weighted by atomic mass is 10.2. The molecule has 102 valence electrons. The predicted octanol–water partition coefficient (Wildman–Crippen LogP) is 5.16. The number of rotatable bonds is 2. The van der Waals surface area contributed by atoms with Gasteiger partial charge in [0, 0.05) is 3.57 Å². The van der Waals surface area contributed by atoms with Crippen LogP contribution in [-0.2, 0) is 5.88 Å². The van der Waals surface area contributed by atoms with Crippen LogP contribution in [0.25, 0.3) is 16.7 Å². The number of alkyl halides is 1. The third-order valence-electron chi connectivity index (χ3n) is 2.98. The first-order valence-corrected chi connectivity index (χ1v) is 7.78. The molecule has 6 heteroatoms. The van der Waals surface area contributed by atoms with Crippen LogP contribution in [0.3, 0.4) is 0 Å². The molecule has 0 saturated heterocycles. The fourth-order valence-electron chi connectivity index (χ4n) is 2.13. The Morgan fingerprint density at radius 3 is 2.75 bits per heavy atom. The first-order valence-electron chi connectivity index (χ1n) is 5.79. The van der Waals surface area contributed by atoms with Crippen LogP contribution >= 0.6 is 45.8 Å². The van der Waals surface area contributed by atoms with Crippen molar-refractivity contribution in [3.8, 4) is 5.69 Å². The van der Waals surface area contributed by atoms with Crippen molar-refractivity contribution in [1.29, 1.82) is 0 Å². The van der Waals surface area contributed by atoms with Crippen molar-refractivity contribution in [3.05, 3.63) is 56.6 Å². The van der Waals surface area contributed by atoms with E-state index in [1.807, 2.05) is 18.2 Å². The maximum Gasteiger partial charge on any atom is 0.151 e. The van der Waals surface area contributed by atoms with Gasteiger partial charge in [-0.2, -0.15) is 0 Å². The Bertz CT molecular complexity index is 801. The highest BCUT2D eigenvalue weighted by molar-refractivity contribution is 14.1. The van der Waals surface area contributed by atoms with Gasteiger partial charge in [-0.05, 0) is 52.9 Å². The Labute approximate surface area is 138 Å². The van der Waals surface area contributed by atoms with E-state index in [2.05, 4.69) is 27.6 Å². The molecule has 0 bridgehead atoms. The topological polar surface area (TPSA) is 17.8 Å². The number of benzene rings is 2. The summed E-state index contributed by atoms with van der Waals surface area (Å²) in [5, 5.41) is 0.576. The van der Waals surface area contributed by atoms with Crippen molar-refractivity contribution >= 4 is 56.8 Å². The number of hydrogen-bond acceptors (Lipinski definition) is 1. The second-order valence-electron chi connectivity index (χ2n) is 4.20. The van der Waals surface area contributed by atoms with Crippen molar-refractivity contribution in [1.82, 2.24) is 9.55 Å². The van der Waals surface area contributed by atoms with Crippen LogP contribution in [0.15, 0.2) is 36.4 Å². The molecule has 2 nitrogen and oxygen atoms in total. The first kappa shape index (κ1) is 14.1. The molecule has 0 fully saturated rings. The van der Waals surface area contributed by atoms with E-state index in [0.717, 1.165) is 9.26 Å². The number of nitrogens with zero attached hydrogens (tertiary/aromatic N) is 2. The summed E-state index contributed by atoms with van der Waals surface area (Å²) in [7, 11) is 0. The van der Waals surface area contributed by atoms with Crippen LogP contribution in [0.5, 0.6) is 0 Å². The summed E-state index contributed by atoms with van der Waals surface area (Å²) in [6, 6.07) is 10.5. The molecule has 0 radical (unpaired) electrons. The zero-order valence-corrected chi connectivity index (χ0v) is 13.7. The van der Waals surface area contributed by atoms with Crippen molar-refractivity contribution < 1.29 is 4.39 Å². The number of fused-ring (bicyclic) bond motifs is 1. The van der Waals surface area contributed by atoms with E-state index >= 15 is 0 Å². The Morgan fingerprint density at radius 1 is 1.25 bits per heavy atom. The fourth-order valence-corrected chi connectivity index (χ4v) is 3.25. The van der Waals surface area contributed by atoms with Gasteiger partial charge in [-0.15, -0.1) is 11.6 Å². The molecule has 3 rings (SSSR count). The summed E-state index contributed by atoms with van der Waals surface area (Å²) in [5.74, 6) is 0.375. The lowest BCUT2D eigenvalue weighted by molar-refractivity contribution is 0.637. The van der Waals surface area contributed by atoms with Crippen molar-refractivity contribution in [2.24, 2.45) is 0 Å². The van der Waals surface area contributed by atoms with Crippen LogP contribution in [0.4, 0.5) is 4.39 Å². The van der Waals surface area contributed by atoms with E-state index in [0.29, 0.717) is 21.9 Å². The average molecular weight is 421 g/mol. The van der Waals surface area contributed by atoms with Crippen LogP contribution in [-0.4, -0.2) is 9.55 Å².